The Morgan fingerprint density at radius 3 is 2.70 bits per heavy atom. The predicted molar refractivity (Wildman–Crippen MR) is 77.3 cm³/mol. The highest BCUT2D eigenvalue weighted by Gasteiger charge is 2.23. The number of nitrogens with zero attached hydrogens (tertiary/aromatic N) is 2. The second-order valence-corrected chi connectivity index (χ2v) is 6.90. The van der Waals surface area contributed by atoms with Crippen LogP contribution in [0.5, 0.6) is 0 Å². The fourth-order valence-electron chi connectivity index (χ4n) is 2.64. The van der Waals surface area contributed by atoms with Crippen LogP contribution in [0.4, 0.5) is 0 Å². The minimum atomic E-state index is -3.19. The van der Waals surface area contributed by atoms with Crippen LogP contribution in [0, 0.1) is 0 Å². The highest BCUT2D eigenvalue weighted by atomic mass is 32.2. The Bertz CT molecular complexity index is 720. The fourth-order valence-corrected chi connectivity index (χ4v) is 3.04. The summed E-state index contributed by atoms with van der Waals surface area (Å²) in [4.78, 5) is 0. The summed E-state index contributed by atoms with van der Waals surface area (Å²) >= 11 is 0. The number of hydrogen-bond acceptors (Lipinski definition) is 3. The molecule has 1 aromatic carbocycles. The number of rotatable bonds is 4. The zero-order valence-electron chi connectivity index (χ0n) is 11.3. The lowest BCUT2D eigenvalue weighted by molar-refractivity contribution is 0.585. The summed E-state index contributed by atoms with van der Waals surface area (Å²) in [5, 5.41) is 4.59. The second kappa shape index (κ2) is 5.03. The SMILES string of the molecule is CS(=O)(=O)NCc1nn(-c2ccccc2)c2c1CCC2. The molecule has 0 saturated heterocycles. The Morgan fingerprint density at radius 1 is 1.25 bits per heavy atom. The molecule has 1 heterocycles. The molecule has 6 heteroatoms. The minimum Gasteiger partial charge on any atom is -0.237 e. The van der Waals surface area contributed by atoms with Crippen LogP contribution in [0.3, 0.4) is 0 Å². The van der Waals surface area contributed by atoms with Crippen LogP contribution in [-0.4, -0.2) is 24.5 Å². The molecule has 1 aliphatic carbocycles. The van der Waals surface area contributed by atoms with Gasteiger partial charge in [0.2, 0.25) is 10.0 Å². The topological polar surface area (TPSA) is 64.0 Å². The van der Waals surface area contributed by atoms with Gasteiger partial charge in [0, 0.05) is 5.69 Å². The smallest absolute Gasteiger partial charge is 0.209 e. The molecule has 0 saturated carbocycles. The van der Waals surface area contributed by atoms with E-state index in [1.54, 1.807) is 0 Å². The van der Waals surface area contributed by atoms with Gasteiger partial charge < -0.3 is 0 Å². The Kier molecular flexibility index (Phi) is 3.35. The van der Waals surface area contributed by atoms with Crippen molar-refractivity contribution in [2.24, 2.45) is 0 Å². The molecular formula is C14H17N3O2S. The molecule has 0 spiro atoms. The van der Waals surface area contributed by atoms with Crippen LogP contribution in [-0.2, 0) is 29.4 Å². The molecule has 20 heavy (non-hydrogen) atoms. The van der Waals surface area contributed by atoms with Crippen molar-refractivity contribution in [3.63, 3.8) is 0 Å². The van der Waals surface area contributed by atoms with Gasteiger partial charge in [-0.05, 0) is 37.0 Å². The molecule has 1 N–H and O–H groups in total. The van der Waals surface area contributed by atoms with Gasteiger partial charge in [-0.3, -0.25) is 0 Å². The summed E-state index contributed by atoms with van der Waals surface area (Å²) in [6.07, 6.45) is 4.24. The summed E-state index contributed by atoms with van der Waals surface area (Å²) in [6.45, 7) is 0.265. The van der Waals surface area contributed by atoms with E-state index in [4.69, 9.17) is 0 Å². The molecule has 5 nitrogen and oxygen atoms in total. The van der Waals surface area contributed by atoms with Gasteiger partial charge in [-0.25, -0.2) is 17.8 Å². The van der Waals surface area contributed by atoms with Gasteiger partial charge in [0.25, 0.3) is 0 Å². The Labute approximate surface area is 118 Å². The summed E-state index contributed by atoms with van der Waals surface area (Å²) in [5.74, 6) is 0. The molecule has 0 atom stereocenters. The number of hydrogen-bond donors (Lipinski definition) is 1. The van der Waals surface area contributed by atoms with Crippen molar-refractivity contribution in [3.8, 4) is 5.69 Å². The third-order valence-electron chi connectivity index (χ3n) is 3.52. The number of aromatic nitrogens is 2. The zero-order valence-corrected chi connectivity index (χ0v) is 12.2. The van der Waals surface area contributed by atoms with Crippen LogP contribution >= 0.6 is 0 Å². The van der Waals surface area contributed by atoms with Crippen molar-refractivity contribution < 1.29 is 8.42 Å². The van der Waals surface area contributed by atoms with E-state index in [0.29, 0.717) is 0 Å². The molecular weight excluding hydrogens is 274 g/mol. The maximum Gasteiger partial charge on any atom is 0.209 e. The van der Waals surface area contributed by atoms with Gasteiger partial charge in [0.05, 0.1) is 24.2 Å². The van der Waals surface area contributed by atoms with E-state index in [0.717, 1.165) is 30.6 Å². The van der Waals surface area contributed by atoms with Crippen molar-refractivity contribution in [1.82, 2.24) is 14.5 Å². The van der Waals surface area contributed by atoms with Crippen molar-refractivity contribution in [3.05, 3.63) is 47.3 Å². The quantitative estimate of drug-likeness (QED) is 0.926. The van der Waals surface area contributed by atoms with E-state index in [9.17, 15) is 8.42 Å². The van der Waals surface area contributed by atoms with Gasteiger partial charge >= 0.3 is 0 Å². The number of para-hydroxylation sites is 1. The standard InChI is InChI=1S/C14H17N3O2S/c1-20(18,19)15-10-13-12-8-5-9-14(12)17(16-13)11-6-3-2-4-7-11/h2-4,6-7,15H,5,8-10H2,1H3. The van der Waals surface area contributed by atoms with Crippen LogP contribution in [0.15, 0.2) is 30.3 Å². The van der Waals surface area contributed by atoms with E-state index in [-0.39, 0.29) is 6.54 Å². The van der Waals surface area contributed by atoms with Gasteiger partial charge in [0.15, 0.2) is 0 Å². The first-order valence-electron chi connectivity index (χ1n) is 6.64. The molecule has 2 aromatic rings. The summed E-state index contributed by atoms with van der Waals surface area (Å²) in [7, 11) is -3.19. The first kappa shape index (κ1) is 13.3. The molecule has 106 valence electrons. The first-order valence-corrected chi connectivity index (χ1v) is 8.53. The summed E-state index contributed by atoms with van der Waals surface area (Å²) < 4.78 is 26.9. The zero-order chi connectivity index (χ0) is 14.2. The van der Waals surface area contributed by atoms with E-state index in [1.165, 1.54) is 17.5 Å². The minimum absolute atomic E-state index is 0.265. The fraction of sp³-hybridized carbons (Fsp3) is 0.357. The van der Waals surface area contributed by atoms with Gasteiger partial charge in [-0.1, -0.05) is 18.2 Å². The van der Waals surface area contributed by atoms with Crippen LogP contribution < -0.4 is 4.72 Å². The van der Waals surface area contributed by atoms with E-state index in [1.807, 2.05) is 35.0 Å². The monoisotopic (exact) mass is 291 g/mol. The molecule has 0 radical (unpaired) electrons. The molecule has 0 bridgehead atoms. The first-order chi connectivity index (χ1) is 9.54. The maximum atomic E-state index is 11.2. The average Bonchev–Trinajstić information content (AvgIpc) is 2.98. The largest absolute Gasteiger partial charge is 0.237 e. The van der Waals surface area contributed by atoms with E-state index < -0.39 is 10.0 Å². The maximum absolute atomic E-state index is 11.2. The molecule has 3 rings (SSSR count). The molecule has 0 fully saturated rings. The Hall–Kier alpha value is -1.66. The van der Waals surface area contributed by atoms with Gasteiger partial charge in [-0.2, -0.15) is 5.10 Å². The second-order valence-electron chi connectivity index (χ2n) is 5.07. The number of nitrogens with one attached hydrogen (secondary N) is 1. The normalized spacial score (nSPS) is 14.4. The third-order valence-corrected chi connectivity index (χ3v) is 4.18. The Balaban J connectivity index is 1.97. The van der Waals surface area contributed by atoms with Crippen molar-refractivity contribution in [2.45, 2.75) is 25.8 Å². The third kappa shape index (κ3) is 2.62. The summed E-state index contributed by atoms with van der Waals surface area (Å²) in [5.41, 5.74) is 4.27. The lowest BCUT2D eigenvalue weighted by Gasteiger charge is -2.04. The number of benzene rings is 1. The highest BCUT2D eigenvalue weighted by Crippen LogP contribution is 2.27. The average molecular weight is 291 g/mol. The van der Waals surface area contributed by atoms with Crippen molar-refractivity contribution in [1.29, 1.82) is 0 Å². The molecule has 0 unspecified atom stereocenters. The van der Waals surface area contributed by atoms with Crippen molar-refractivity contribution >= 4 is 10.0 Å². The lowest BCUT2D eigenvalue weighted by atomic mass is 10.2. The highest BCUT2D eigenvalue weighted by molar-refractivity contribution is 7.88. The molecule has 1 aliphatic rings. The lowest BCUT2D eigenvalue weighted by Crippen LogP contribution is -2.22. The van der Waals surface area contributed by atoms with Crippen LogP contribution in [0.1, 0.15) is 23.4 Å². The van der Waals surface area contributed by atoms with E-state index in [2.05, 4.69) is 9.82 Å². The number of sulfonamides is 1. The van der Waals surface area contributed by atoms with Crippen LogP contribution in [0.25, 0.3) is 5.69 Å². The predicted octanol–water partition coefficient (Wildman–Crippen LogP) is 1.41. The van der Waals surface area contributed by atoms with E-state index >= 15 is 0 Å². The molecule has 0 aliphatic heterocycles. The summed E-state index contributed by atoms with van der Waals surface area (Å²) in [6, 6.07) is 9.96. The van der Waals surface area contributed by atoms with Crippen LogP contribution in [0.2, 0.25) is 0 Å². The van der Waals surface area contributed by atoms with Gasteiger partial charge in [-0.15, -0.1) is 0 Å². The molecule has 1 aromatic heterocycles. The van der Waals surface area contributed by atoms with Crippen molar-refractivity contribution in [2.75, 3.05) is 6.26 Å². The Morgan fingerprint density at radius 2 is 2.00 bits per heavy atom. The molecule has 0 amide bonds. The van der Waals surface area contributed by atoms with Gasteiger partial charge in [0.1, 0.15) is 0 Å². The number of fused-ring (bicyclic) bond motifs is 1.